The summed E-state index contributed by atoms with van der Waals surface area (Å²) in [4.78, 5) is 32.5. The highest BCUT2D eigenvalue weighted by Gasteiger charge is 2.33. The van der Waals surface area contributed by atoms with E-state index in [9.17, 15) is 9.59 Å². The summed E-state index contributed by atoms with van der Waals surface area (Å²) in [5.41, 5.74) is 3.17. The van der Waals surface area contributed by atoms with Gasteiger partial charge in [-0.3, -0.25) is 9.36 Å². The number of nitrogens with zero attached hydrogens (tertiary/aromatic N) is 2. The van der Waals surface area contributed by atoms with Crippen molar-refractivity contribution in [2.75, 3.05) is 13.2 Å². The predicted octanol–water partition coefficient (Wildman–Crippen LogP) is 6.15. The van der Waals surface area contributed by atoms with Crippen molar-refractivity contribution in [3.8, 4) is 11.5 Å². The zero-order valence-electron chi connectivity index (χ0n) is 23.5. The van der Waals surface area contributed by atoms with Gasteiger partial charge >= 0.3 is 5.97 Å². The molecule has 1 aliphatic rings. The molecule has 1 aromatic heterocycles. The summed E-state index contributed by atoms with van der Waals surface area (Å²) in [6.07, 6.45) is 3.52. The lowest BCUT2D eigenvalue weighted by Crippen LogP contribution is -2.39. The quantitative estimate of drug-likeness (QED) is 0.109. The van der Waals surface area contributed by atoms with Gasteiger partial charge in [-0.2, -0.15) is 0 Å². The number of carbonyl (C=O) groups is 1. The van der Waals surface area contributed by atoms with Crippen molar-refractivity contribution >= 4 is 68.6 Å². The minimum Gasteiger partial charge on any atom is -0.490 e. The number of rotatable bonds is 10. The van der Waals surface area contributed by atoms with E-state index in [0.717, 1.165) is 23.8 Å². The third-order valence-electron chi connectivity index (χ3n) is 6.63. The van der Waals surface area contributed by atoms with E-state index in [1.807, 2.05) is 72.8 Å². The Labute approximate surface area is 280 Å². The van der Waals surface area contributed by atoms with Gasteiger partial charge in [-0.15, -0.1) is 0 Å². The van der Waals surface area contributed by atoms with Crippen molar-refractivity contribution in [2.45, 2.75) is 26.5 Å². The molecule has 0 spiro atoms. The lowest BCUT2D eigenvalue weighted by atomic mass is 9.96. The van der Waals surface area contributed by atoms with E-state index in [-0.39, 0.29) is 12.2 Å². The van der Waals surface area contributed by atoms with Crippen LogP contribution in [0.4, 0.5) is 0 Å². The van der Waals surface area contributed by atoms with Crippen LogP contribution < -0.4 is 24.4 Å². The number of hydrogen-bond donors (Lipinski definition) is 0. The van der Waals surface area contributed by atoms with Crippen LogP contribution in [-0.2, 0) is 16.1 Å². The number of aromatic nitrogens is 1. The Kier molecular flexibility index (Phi) is 10.2. The summed E-state index contributed by atoms with van der Waals surface area (Å²) < 4.78 is 21.4. The highest BCUT2D eigenvalue weighted by atomic mass is 127. The van der Waals surface area contributed by atoms with Gasteiger partial charge in [0, 0.05) is 9.13 Å². The van der Waals surface area contributed by atoms with Gasteiger partial charge in [-0.1, -0.05) is 66.5 Å². The average molecular weight is 818 g/mol. The molecule has 5 rings (SSSR count). The monoisotopic (exact) mass is 818 g/mol. The normalized spacial score (nSPS) is 14.6. The molecule has 0 unspecified atom stereocenters. The largest absolute Gasteiger partial charge is 0.490 e. The lowest BCUT2D eigenvalue weighted by Gasteiger charge is -2.24. The molecule has 43 heavy (non-hydrogen) atoms. The number of carbonyl (C=O) groups excluding carboxylic acids is 1. The molecule has 0 bridgehead atoms. The Balaban J connectivity index is 1.63. The second-order valence-corrected chi connectivity index (χ2v) is 13.0. The van der Waals surface area contributed by atoms with E-state index in [1.165, 1.54) is 11.3 Å². The van der Waals surface area contributed by atoms with E-state index < -0.39 is 12.0 Å². The Bertz CT molecular complexity index is 1880. The molecule has 0 saturated heterocycles. The van der Waals surface area contributed by atoms with Gasteiger partial charge in [0.15, 0.2) is 4.80 Å². The first kappa shape index (κ1) is 31.2. The average Bonchev–Trinajstić information content (AvgIpc) is 3.29. The number of benzene rings is 3. The SMILES string of the molecule is C=CCOc1ccc([C@@H]2C(C(=O)OCC)=C(C)N=c3s/c(=C\c4cc(I)cc(I)c4OCc4ccccc4)c(=O)n32)cc1. The molecule has 0 saturated carbocycles. The van der Waals surface area contributed by atoms with Gasteiger partial charge in [0.1, 0.15) is 24.7 Å². The van der Waals surface area contributed by atoms with E-state index in [2.05, 4.69) is 51.8 Å². The molecule has 0 amide bonds. The number of esters is 1. The molecule has 1 atom stereocenters. The maximum Gasteiger partial charge on any atom is 0.338 e. The Morgan fingerprint density at radius 1 is 1.09 bits per heavy atom. The molecule has 0 N–H and O–H groups in total. The lowest BCUT2D eigenvalue weighted by molar-refractivity contribution is -0.139. The first-order valence-electron chi connectivity index (χ1n) is 13.5. The zero-order valence-corrected chi connectivity index (χ0v) is 28.6. The van der Waals surface area contributed by atoms with Gasteiger partial charge in [0.2, 0.25) is 0 Å². The topological polar surface area (TPSA) is 79.1 Å². The molecular formula is C33H28I2N2O5S. The molecule has 220 valence electrons. The zero-order chi connectivity index (χ0) is 30.5. The number of thiazole rings is 1. The van der Waals surface area contributed by atoms with E-state index in [4.69, 9.17) is 19.2 Å². The molecule has 0 fully saturated rings. The van der Waals surface area contributed by atoms with Gasteiger partial charge in [0.25, 0.3) is 5.56 Å². The fraction of sp³-hybridized carbons (Fsp3) is 0.182. The number of halogens is 2. The predicted molar refractivity (Wildman–Crippen MR) is 185 cm³/mol. The van der Waals surface area contributed by atoms with Crippen LogP contribution in [0.2, 0.25) is 0 Å². The van der Waals surface area contributed by atoms with Crippen molar-refractivity contribution in [1.82, 2.24) is 4.57 Å². The number of allylic oxidation sites excluding steroid dienone is 1. The van der Waals surface area contributed by atoms with E-state index >= 15 is 0 Å². The van der Waals surface area contributed by atoms with Gasteiger partial charge in [-0.05, 0) is 100 Å². The van der Waals surface area contributed by atoms with Crippen molar-refractivity contribution in [3.63, 3.8) is 0 Å². The van der Waals surface area contributed by atoms with Crippen molar-refractivity contribution in [3.05, 3.63) is 134 Å². The highest BCUT2D eigenvalue weighted by Crippen LogP contribution is 2.32. The van der Waals surface area contributed by atoms with Crippen LogP contribution in [-0.4, -0.2) is 23.8 Å². The maximum atomic E-state index is 14.1. The van der Waals surface area contributed by atoms with E-state index in [1.54, 1.807) is 24.5 Å². The van der Waals surface area contributed by atoms with Crippen LogP contribution in [0.1, 0.15) is 36.6 Å². The van der Waals surface area contributed by atoms with Crippen LogP contribution in [0.3, 0.4) is 0 Å². The maximum absolute atomic E-state index is 14.1. The molecule has 0 aliphatic carbocycles. The fourth-order valence-corrected chi connectivity index (χ4v) is 7.80. The minimum absolute atomic E-state index is 0.206. The van der Waals surface area contributed by atoms with Crippen LogP contribution in [0, 0.1) is 7.14 Å². The highest BCUT2D eigenvalue weighted by molar-refractivity contribution is 14.1. The van der Waals surface area contributed by atoms with Crippen molar-refractivity contribution in [1.29, 1.82) is 0 Å². The van der Waals surface area contributed by atoms with Gasteiger partial charge in [-0.25, -0.2) is 9.79 Å². The minimum atomic E-state index is -0.712. The summed E-state index contributed by atoms with van der Waals surface area (Å²) in [5.74, 6) is 0.857. The third-order valence-corrected chi connectivity index (χ3v) is 9.04. The Morgan fingerprint density at radius 3 is 2.53 bits per heavy atom. The van der Waals surface area contributed by atoms with Crippen molar-refractivity contribution < 1.29 is 19.0 Å². The van der Waals surface area contributed by atoms with Crippen LogP contribution >= 0.6 is 56.5 Å². The summed E-state index contributed by atoms with van der Waals surface area (Å²) in [5, 5.41) is 0. The summed E-state index contributed by atoms with van der Waals surface area (Å²) in [6.45, 7) is 8.19. The summed E-state index contributed by atoms with van der Waals surface area (Å²) in [7, 11) is 0. The summed E-state index contributed by atoms with van der Waals surface area (Å²) >= 11 is 5.81. The molecule has 1 aliphatic heterocycles. The molecule has 2 heterocycles. The standard InChI is InChI=1S/C33H28I2N2O5S/c1-4-15-41-25-13-11-22(12-14-25)29-28(32(39)40-5-2)20(3)36-33-37(29)31(38)27(43-33)17-23-16-24(34)18-26(35)30(23)42-19-21-9-7-6-8-10-21/h4,6-14,16-18,29H,1,5,15,19H2,2-3H3/b27-17-/t29-/m1/s1. The van der Waals surface area contributed by atoms with Crippen LogP contribution in [0.5, 0.6) is 11.5 Å². The second-order valence-electron chi connectivity index (χ2n) is 9.55. The molecule has 10 heteroatoms. The second kappa shape index (κ2) is 14.0. The molecule has 0 radical (unpaired) electrons. The molecule has 4 aromatic rings. The molecule has 3 aromatic carbocycles. The van der Waals surface area contributed by atoms with Crippen LogP contribution in [0.25, 0.3) is 6.08 Å². The number of ether oxygens (including phenoxy) is 3. The number of hydrogen-bond acceptors (Lipinski definition) is 7. The smallest absolute Gasteiger partial charge is 0.338 e. The van der Waals surface area contributed by atoms with E-state index in [0.29, 0.717) is 45.3 Å². The van der Waals surface area contributed by atoms with Gasteiger partial charge < -0.3 is 14.2 Å². The Hall–Kier alpha value is -3.23. The van der Waals surface area contributed by atoms with Crippen molar-refractivity contribution in [2.24, 2.45) is 4.99 Å². The van der Waals surface area contributed by atoms with Crippen LogP contribution in [0.15, 0.2) is 100 Å². The summed E-state index contributed by atoms with van der Waals surface area (Å²) in [6, 6.07) is 20.6. The first-order chi connectivity index (χ1) is 20.8. The van der Waals surface area contributed by atoms with Gasteiger partial charge in [0.05, 0.1) is 32.0 Å². The number of fused-ring (bicyclic) bond motifs is 1. The molecule has 7 nitrogen and oxygen atoms in total. The molecular weight excluding hydrogens is 790 g/mol. The fourth-order valence-electron chi connectivity index (χ4n) is 4.72. The first-order valence-corrected chi connectivity index (χ1v) is 16.5. The third kappa shape index (κ3) is 6.96. The Morgan fingerprint density at radius 2 is 1.84 bits per heavy atom.